The number of halogens is 3. The maximum Gasteiger partial charge on any atom is 0.197 e. The van der Waals surface area contributed by atoms with Gasteiger partial charge in [-0.25, -0.2) is 4.39 Å². The van der Waals surface area contributed by atoms with Crippen LogP contribution in [-0.2, 0) is 4.74 Å². The molecule has 1 aromatic carbocycles. The van der Waals surface area contributed by atoms with Crippen molar-refractivity contribution in [3.63, 3.8) is 0 Å². The normalized spacial score (nSPS) is 18.3. The number of benzene rings is 1. The number of hydrogen-bond donors (Lipinski definition) is 0. The fourth-order valence-corrected chi connectivity index (χ4v) is 3.06. The molecule has 1 aliphatic carbocycles. The average Bonchev–Trinajstić information content (AvgIpc) is 2.45. The van der Waals surface area contributed by atoms with Gasteiger partial charge in [-0.15, -0.1) is 0 Å². The molecule has 0 bridgehead atoms. The van der Waals surface area contributed by atoms with Crippen molar-refractivity contribution in [2.75, 3.05) is 7.11 Å². The van der Waals surface area contributed by atoms with Crippen LogP contribution in [0.15, 0.2) is 16.6 Å². The summed E-state index contributed by atoms with van der Waals surface area (Å²) in [5.74, 6) is -0.982. The van der Waals surface area contributed by atoms with E-state index in [2.05, 4.69) is 15.9 Å². The quantitative estimate of drug-likeness (QED) is 0.580. The van der Waals surface area contributed by atoms with Gasteiger partial charge in [-0.2, -0.15) is 0 Å². The molecule has 1 saturated carbocycles. The van der Waals surface area contributed by atoms with E-state index in [1.54, 1.807) is 6.07 Å². The average molecular weight is 350 g/mol. The van der Waals surface area contributed by atoms with Crippen molar-refractivity contribution < 1.29 is 13.9 Å². The Morgan fingerprint density at radius 3 is 2.58 bits per heavy atom. The molecule has 2 rings (SSSR count). The van der Waals surface area contributed by atoms with Crippen LogP contribution in [0.3, 0.4) is 0 Å². The molecule has 0 amide bonds. The first-order chi connectivity index (χ1) is 9.02. The lowest BCUT2D eigenvalue weighted by molar-refractivity contribution is -0.0196. The van der Waals surface area contributed by atoms with Crippen LogP contribution in [-0.4, -0.2) is 18.5 Å². The zero-order chi connectivity index (χ0) is 14.0. The Morgan fingerprint density at radius 1 is 1.37 bits per heavy atom. The van der Waals surface area contributed by atoms with Crippen LogP contribution in [0.1, 0.15) is 42.5 Å². The van der Waals surface area contributed by atoms with Crippen molar-refractivity contribution in [2.24, 2.45) is 0 Å². The molecule has 19 heavy (non-hydrogen) atoms. The van der Waals surface area contributed by atoms with E-state index in [4.69, 9.17) is 16.3 Å². The Hall–Kier alpha value is -0.450. The van der Waals surface area contributed by atoms with E-state index in [0.717, 1.165) is 19.3 Å². The maximum atomic E-state index is 14.1. The van der Waals surface area contributed by atoms with E-state index in [-0.39, 0.29) is 16.4 Å². The number of carbonyl (C=O) groups is 1. The highest BCUT2D eigenvalue weighted by Crippen LogP contribution is 2.36. The molecule has 2 nitrogen and oxygen atoms in total. The molecule has 1 aromatic rings. The van der Waals surface area contributed by atoms with Crippen LogP contribution < -0.4 is 0 Å². The molecule has 0 aromatic heterocycles. The highest BCUT2D eigenvalue weighted by Gasteiger charge is 2.41. The summed E-state index contributed by atoms with van der Waals surface area (Å²) in [5, 5.41) is -0.0621. The van der Waals surface area contributed by atoms with Crippen LogP contribution in [0.25, 0.3) is 0 Å². The number of ether oxygens (including phenoxy) is 1. The van der Waals surface area contributed by atoms with E-state index in [9.17, 15) is 9.18 Å². The molecular weight excluding hydrogens is 335 g/mol. The minimum atomic E-state index is -0.893. The van der Waals surface area contributed by atoms with Gasteiger partial charge in [-0.05, 0) is 40.9 Å². The second-order valence-electron chi connectivity index (χ2n) is 4.81. The van der Waals surface area contributed by atoms with Gasteiger partial charge in [0.05, 0.1) is 10.6 Å². The number of methoxy groups -OCH3 is 1. The standard InChI is InChI=1S/C14H15BrClFO2/c1-19-14(7-3-2-4-8-14)13(18)9-5-6-10(15)11(16)12(9)17/h5-6H,2-4,7-8H2,1H3. The van der Waals surface area contributed by atoms with Gasteiger partial charge in [-0.1, -0.05) is 30.9 Å². The number of rotatable bonds is 3. The minimum absolute atomic E-state index is 0.0111. The summed E-state index contributed by atoms with van der Waals surface area (Å²) >= 11 is 8.98. The molecule has 0 N–H and O–H groups in total. The third kappa shape index (κ3) is 2.71. The molecule has 0 aliphatic heterocycles. The van der Waals surface area contributed by atoms with Gasteiger partial charge in [0.2, 0.25) is 0 Å². The van der Waals surface area contributed by atoms with E-state index in [1.807, 2.05) is 0 Å². The Labute approximate surface area is 125 Å². The third-order valence-electron chi connectivity index (χ3n) is 3.75. The van der Waals surface area contributed by atoms with Gasteiger partial charge in [0.25, 0.3) is 0 Å². The van der Waals surface area contributed by atoms with Gasteiger partial charge in [0.1, 0.15) is 5.60 Å². The predicted molar refractivity (Wildman–Crippen MR) is 76.3 cm³/mol. The highest BCUT2D eigenvalue weighted by atomic mass is 79.9. The number of carbonyl (C=O) groups excluding carboxylic acids is 1. The first-order valence-electron chi connectivity index (χ1n) is 6.25. The van der Waals surface area contributed by atoms with Crippen molar-refractivity contribution in [3.05, 3.63) is 33.0 Å². The zero-order valence-electron chi connectivity index (χ0n) is 10.6. The first-order valence-corrected chi connectivity index (χ1v) is 7.42. The lowest BCUT2D eigenvalue weighted by atomic mass is 9.79. The van der Waals surface area contributed by atoms with Crippen LogP contribution >= 0.6 is 27.5 Å². The molecule has 0 heterocycles. The molecule has 0 saturated heterocycles. The second kappa shape index (κ2) is 5.90. The summed E-state index contributed by atoms with van der Waals surface area (Å²) < 4.78 is 20.0. The monoisotopic (exact) mass is 348 g/mol. The third-order valence-corrected chi connectivity index (χ3v) is 5.00. The van der Waals surface area contributed by atoms with Crippen molar-refractivity contribution in [1.29, 1.82) is 0 Å². The largest absolute Gasteiger partial charge is 0.370 e. The SMILES string of the molecule is COC1(C(=O)c2ccc(Br)c(Cl)c2F)CCCCC1. The van der Waals surface area contributed by atoms with Crippen LogP contribution in [0.5, 0.6) is 0 Å². The number of hydrogen-bond acceptors (Lipinski definition) is 2. The summed E-state index contributed by atoms with van der Waals surface area (Å²) in [6.07, 6.45) is 4.20. The van der Waals surface area contributed by atoms with Crippen LogP contribution in [0.2, 0.25) is 5.02 Å². The van der Waals surface area contributed by atoms with Gasteiger partial charge in [-0.3, -0.25) is 4.79 Å². The topological polar surface area (TPSA) is 26.3 Å². The van der Waals surface area contributed by atoms with Crippen molar-refractivity contribution >= 4 is 33.3 Å². The van der Waals surface area contributed by atoms with E-state index < -0.39 is 11.4 Å². The molecule has 0 unspecified atom stereocenters. The Balaban J connectivity index is 2.40. The molecule has 0 spiro atoms. The molecule has 1 aliphatic rings. The molecule has 0 radical (unpaired) electrons. The second-order valence-corrected chi connectivity index (χ2v) is 6.04. The summed E-state index contributed by atoms with van der Waals surface area (Å²) in [4.78, 5) is 12.6. The lowest BCUT2D eigenvalue weighted by Crippen LogP contribution is -2.43. The van der Waals surface area contributed by atoms with Crippen LogP contribution in [0, 0.1) is 5.82 Å². The highest BCUT2D eigenvalue weighted by molar-refractivity contribution is 9.10. The van der Waals surface area contributed by atoms with E-state index >= 15 is 0 Å². The Morgan fingerprint density at radius 2 is 2.00 bits per heavy atom. The first kappa shape index (κ1) is 14.9. The molecule has 1 fully saturated rings. The Bertz CT molecular complexity index is 498. The fraction of sp³-hybridized carbons (Fsp3) is 0.500. The molecule has 0 atom stereocenters. The maximum absolute atomic E-state index is 14.1. The van der Waals surface area contributed by atoms with Gasteiger partial charge in [0, 0.05) is 11.6 Å². The van der Waals surface area contributed by atoms with Crippen molar-refractivity contribution in [1.82, 2.24) is 0 Å². The van der Waals surface area contributed by atoms with Gasteiger partial charge < -0.3 is 4.74 Å². The number of Topliss-reactive ketones (excluding diaryl/α,β-unsaturated/α-hetero) is 1. The van der Waals surface area contributed by atoms with Gasteiger partial charge >= 0.3 is 0 Å². The minimum Gasteiger partial charge on any atom is -0.370 e. The summed E-state index contributed by atoms with van der Waals surface area (Å²) in [5.41, 5.74) is -0.882. The van der Waals surface area contributed by atoms with Gasteiger partial charge in [0.15, 0.2) is 11.6 Å². The lowest BCUT2D eigenvalue weighted by Gasteiger charge is -2.34. The van der Waals surface area contributed by atoms with Crippen molar-refractivity contribution in [2.45, 2.75) is 37.7 Å². The predicted octanol–water partition coefficient (Wildman–Crippen LogP) is 4.77. The molecular formula is C14H15BrClFO2. The smallest absolute Gasteiger partial charge is 0.197 e. The van der Waals surface area contributed by atoms with Crippen LogP contribution in [0.4, 0.5) is 4.39 Å². The number of ketones is 1. The summed E-state index contributed by atoms with van der Waals surface area (Å²) in [6, 6.07) is 3.05. The van der Waals surface area contributed by atoms with E-state index in [1.165, 1.54) is 13.2 Å². The fourth-order valence-electron chi connectivity index (χ4n) is 2.59. The molecule has 5 heteroatoms. The summed E-state index contributed by atoms with van der Waals surface area (Å²) in [6.45, 7) is 0. The summed E-state index contributed by atoms with van der Waals surface area (Å²) in [7, 11) is 1.52. The van der Waals surface area contributed by atoms with E-state index in [0.29, 0.717) is 17.3 Å². The molecule has 104 valence electrons. The zero-order valence-corrected chi connectivity index (χ0v) is 13.0. The Kier molecular flexibility index (Phi) is 4.64. The van der Waals surface area contributed by atoms with Crippen molar-refractivity contribution in [3.8, 4) is 0 Å².